The number of rotatable bonds is 3. The van der Waals surface area contributed by atoms with E-state index in [0.717, 1.165) is 0 Å². The Morgan fingerprint density at radius 2 is 2.18 bits per heavy atom. The monoisotopic (exact) mass is 234 g/mol. The SMILES string of the molecule is CCn1cc(C(=O)O)c(-c2ccccc2F)n1. The van der Waals surface area contributed by atoms with Crippen molar-refractivity contribution < 1.29 is 14.3 Å². The van der Waals surface area contributed by atoms with Gasteiger partial charge in [0.15, 0.2) is 0 Å². The number of hydrogen-bond donors (Lipinski definition) is 1. The fourth-order valence-electron chi connectivity index (χ4n) is 1.59. The number of carboxylic acids is 1. The van der Waals surface area contributed by atoms with Crippen molar-refractivity contribution in [2.24, 2.45) is 0 Å². The van der Waals surface area contributed by atoms with Gasteiger partial charge in [0.2, 0.25) is 0 Å². The Morgan fingerprint density at radius 3 is 2.76 bits per heavy atom. The fraction of sp³-hybridized carbons (Fsp3) is 0.167. The van der Waals surface area contributed by atoms with Crippen molar-refractivity contribution in [2.75, 3.05) is 0 Å². The predicted octanol–water partition coefficient (Wildman–Crippen LogP) is 2.41. The molecule has 0 unspecified atom stereocenters. The summed E-state index contributed by atoms with van der Waals surface area (Å²) in [4.78, 5) is 11.1. The molecule has 4 nitrogen and oxygen atoms in total. The lowest BCUT2D eigenvalue weighted by Gasteiger charge is -2.00. The molecule has 0 aliphatic carbocycles. The van der Waals surface area contributed by atoms with Gasteiger partial charge in [0.1, 0.15) is 17.1 Å². The Hall–Kier alpha value is -2.17. The van der Waals surface area contributed by atoms with Crippen LogP contribution < -0.4 is 0 Å². The van der Waals surface area contributed by atoms with Gasteiger partial charge in [-0.15, -0.1) is 0 Å². The van der Waals surface area contributed by atoms with Gasteiger partial charge in [0.05, 0.1) is 0 Å². The van der Waals surface area contributed by atoms with Crippen LogP contribution in [-0.4, -0.2) is 20.9 Å². The van der Waals surface area contributed by atoms with Crippen molar-refractivity contribution >= 4 is 5.97 Å². The molecule has 0 aliphatic heterocycles. The zero-order valence-electron chi connectivity index (χ0n) is 9.22. The molecule has 5 heteroatoms. The van der Waals surface area contributed by atoms with Gasteiger partial charge in [-0.2, -0.15) is 5.10 Å². The van der Waals surface area contributed by atoms with Crippen LogP contribution in [-0.2, 0) is 6.54 Å². The first-order valence-electron chi connectivity index (χ1n) is 5.19. The van der Waals surface area contributed by atoms with Crippen molar-refractivity contribution in [1.82, 2.24) is 9.78 Å². The van der Waals surface area contributed by atoms with Crippen LogP contribution in [0.2, 0.25) is 0 Å². The smallest absolute Gasteiger partial charge is 0.339 e. The maximum atomic E-state index is 13.6. The molecule has 1 heterocycles. The maximum Gasteiger partial charge on any atom is 0.339 e. The van der Waals surface area contributed by atoms with Gasteiger partial charge in [0.25, 0.3) is 0 Å². The van der Waals surface area contributed by atoms with Crippen molar-refractivity contribution in [3.63, 3.8) is 0 Å². The topological polar surface area (TPSA) is 55.1 Å². The van der Waals surface area contributed by atoms with Crippen LogP contribution in [0.25, 0.3) is 11.3 Å². The lowest BCUT2D eigenvalue weighted by Crippen LogP contribution is -1.97. The van der Waals surface area contributed by atoms with E-state index in [4.69, 9.17) is 5.11 Å². The van der Waals surface area contributed by atoms with Crippen LogP contribution >= 0.6 is 0 Å². The molecule has 1 aromatic heterocycles. The number of benzene rings is 1. The summed E-state index contributed by atoms with van der Waals surface area (Å²) in [5.41, 5.74) is 0.381. The lowest BCUT2D eigenvalue weighted by molar-refractivity contribution is 0.0697. The van der Waals surface area contributed by atoms with E-state index in [1.807, 2.05) is 6.92 Å². The van der Waals surface area contributed by atoms with Crippen molar-refractivity contribution in [2.45, 2.75) is 13.5 Å². The lowest BCUT2D eigenvalue weighted by atomic mass is 10.1. The largest absolute Gasteiger partial charge is 0.478 e. The Bertz CT molecular complexity index is 563. The fourth-order valence-corrected chi connectivity index (χ4v) is 1.59. The van der Waals surface area contributed by atoms with Crippen molar-refractivity contribution in [3.05, 3.63) is 41.8 Å². The van der Waals surface area contributed by atoms with Crippen molar-refractivity contribution in [3.8, 4) is 11.3 Å². The summed E-state index contributed by atoms with van der Waals surface area (Å²) in [5, 5.41) is 13.1. The molecule has 0 fully saturated rings. The summed E-state index contributed by atoms with van der Waals surface area (Å²) < 4.78 is 15.1. The number of nitrogens with zero attached hydrogens (tertiary/aromatic N) is 2. The molecule has 0 bridgehead atoms. The van der Waals surface area contributed by atoms with E-state index in [-0.39, 0.29) is 16.8 Å². The molecule has 0 saturated carbocycles. The maximum absolute atomic E-state index is 13.6. The second-order valence-electron chi connectivity index (χ2n) is 3.53. The zero-order chi connectivity index (χ0) is 12.4. The van der Waals surface area contributed by atoms with Crippen molar-refractivity contribution in [1.29, 1.82) is 0 Å². The number of carboxylic acid groups (broad SMARTS) is 1. The molecule has 1 aromatic carbocycles. The Balaban J connectivity index is 2.62. The van der Waals surface area contributed by atoms with E-state index in [2.05, 4.69) is 5.10 Å². The molecular formula is C12H11FN2O2. The third-order valence-corrected chi connectivity index (χ3v) is 2.45. The standard InChI is InChI=1S/C12H11FN2O2/c1-2-15-7-9(12(16)17)11(14-15)8-5-3-4-6-10(8)13/h3-7H,2H2,1H3,(H,16,17). The number of carbonyl (C=O) groups is 1. The molecule has 88 valence electrons. The van der Waals surface area contributed by atoms with Crippen LogP contribution in [0.5, 0.6) is 0 Å². The second-order valence-corrected chi connectivity index (χ2v) is 3.53. The summed E-state index contributed by atoms with van der Waals surface area (Å²) in [6.45, 7) is 2.37. The summed E-state index contributed by atoms with van der Waals surface area (Å²) >= 11 is 0. The first-order valence-corrected chi connectivity index (χ1v) is 5.19. The highest BCUT2D eigenvalue weighted by atomic mass is 19.1. The highest BCUT2D eigenvalue weighted by Crippen LogP contribution is 2.24. The predicted molar refractivity (Wildman–Crippen MR) is 60.3 cm³/mol. The number of halogens is 1. The highest BCUT2D eigenvalue weighted by molar-refractivity contribution is 5.94. The van der Waals surface area contributed by atoms with Gasteiger partial charge in [-0.05, 0) is 19.1 Å². The van der Waals surface area contributed by atoms with Gasteiger partial charge in [0, 0.05) is 18.3 Å². The number of hydrogen-bond acceptors (Lipinski definition) is 2. The van der Waals surface area contributed by atoms with Crippen LogP contribution in [0, 0.1) is 5.82 Å². The van der Waals surface area contributed by atoms with E-state index in [9.17, 15) is 9.18 Å². The quantitative estimate of drug-likeness (QED) is 0.887. The van der Waals surface area contributed by atoms with E-state index in [1.54, 1.807) is 12.1 Å². The molecular weight excluding hydrogens is 223 g/mol. The molecule has 0 radical (unpaired) electrons. The summed E-state index contributed by atoms with van der Waals surface area (Å²) in [6, 6.07) is 6.00. The van der Waals surface area contributed by atoms with Gasteiger partial charge in [-0.25, -0.2) is 9.18 Å². The molecule has 17 heavy (non-hydrogen) atoms. The molecule has 1 N–H and O–H groups in total. The first-order chi connectivity index (χ1) is 8.13. The van der Waals surface area contributed by atoms with Gasteiger partial charge >= 0.3 is 5.97 Å². The van der Waals surface area contributed by atoms with Gasteiger partial charge in [-0.1, -0.05) is 12.1 Å². The van der Waals surface area contributed by atoms with Gasteiger partial charge < -0.3 is 5.11 Å². The molecule has 2 rings (SSSR count). The molecule has 0 atom stereocenters. The minimum atomic E-state index is -1.11. The molecule has 0 amide bonds. The van der Waals surface area contributed by atoms with E-state index in [1.165, 1.54) is 23.0 Å². The molecule has 0 aliphatic rings. The molecule has 0 saturated heterocycles. The average Bonchev–Trinajstić information content (AvgIpc) is 2.73. The zero-order valence-corrected chi connectivity index (χ0v) is 9.22. The van der Waals surface area contributed by atoms with E-state index >= 15 is 0 Å². The third kappa shape index (κ3) is 2.04. The summed E-state index contributed by atoms with van der Waals surface area (Å²) in [5.74, 6) is -1.58. The highest BCUT2D eigenvalue weighted by Gasteiger charge is 2.18. The summed E-state index contributed by atoms with van der Waals surface area (Å²) in [7, 11) is 0. The average molecular weight is 234 g/mol. The first kappa shape index (κ1) is 11.3. The third-order valence-electron chi connectivity index (χ3n) is 2.45. The Morgan fingerprint density at radius 1 is 1.47 bits per heavy atom. The Labute approximate surface area is 97.3 Å². The van der Waals surface area contributed by atoms with Crippen LogP contribution in [0.1, 0.15) is 17.3 Å². The minimum Gasteiger partial charge on any atom is -0.478 e. The van der Waals surface area contributed by atoms with Crippen LogP contribution in [0.3, 0.4) is 0 Å². The Kier molecular flexibility index (Phi) is 2.91. The number of aromatic carboxylic acids is 1. The normalized spacial score (nSPS) is 10.5. The number of aryl methyl sites for hydroxylation is 1. The summed E-state index contributed by atoms with van der Waals surface area (Å²) in [6.07, 6.45) is 1.41. The van der Waals surface area contributed by atoms with Crippen LogP contribution in [0.15, 0.2) is 30.5 Å². The van der Waals surface area contributed by atoms with E-state index in [0.29, 0.717) is 6.54 Å². The molecule has 0 spiro atoms. The second kappa shape index (κ2) is 4.37. The molecule has 2 aromatic rings. The van der Waals surface area contributed by atoms with E-state index < -0.39 is 11.8 Å². The van der Waals surface area contributed by atoms with Crippen LogP contribution in [0.4, 0.5) is 4.39 Å². The minimum absolute atomic E-state index is 0.0111. The van der Waals surface area contributed by atoms with Gasteiger partial charge in [-0.3, -0.25) is 4.68 Å². The number of aromatic nitrogens is 2.